The van der Waals surface area contributed by atoms with E-state index in [0.29, 0.717) is 11.8 Å². The Kier molecular flexibility index (Phi) is 1.55. The van der Waals surface area contributed by atoms with Gasteiger partial charge < -0.3 is 10.2 Å². The molecule has 62 valence electrons. The molecule has 0 amide bonds. The molecule has 2 atom stereocenters. The maximum absolute atomic E-state index is 9.14. The van der Waals surface area contributed by atoms with Crippen LogP contribution in [0.5, 0.6) is 0 Å². The van der Waals surface area contributed by atoms with Gasteiger partial charge in [0.25, 0.3) is 0 Å². The van der Waals surface area contributed by atoms with Crippen LogP contribution in [-0.4, -0.2) is 23.4 Å². The van der Waals surface area contributed by atoms with E-state index in [2.05, 4.69) is 12.2 Å². The first-order valence-corrected chi connectivity index (χ1v) is 4.21. The Morgan fingerprint density at radius 3 is 2.27 bits per heavy atom. The summed E-state index contributed by atoms with van der Waals surface area (Å²) in [4.78, 5) is 0. The van der Waals surface area contributed by atoms with E-state index in [0.717, 1.165) is 12.8 Å². The van der Waals surface area contributed by atoms with Crippen molar-refractivity contribution in [3.63, 3.8) is 0 Å². The second kappa shape index (κ2) is 2.32. The zero-order valence-corrected chi connectivity index (χ0v) is 6.53. The average Bonchev–Trinajstić information content (AvgIpc) is 2.62. The molecule has 0 heterocycles. The molecule has 11 heavy (non-hydrogen) atoms. The first-order valence-electron chi connectivity index (χ1n) is 4.21. The van der Waals surface area contributed by atoms with Crippen LogP contribution in [0.4, 0.5) is 0 Å². The molecule has 2 bridgehead atoms. The minimum absolute atomic E-state index is 0.134. The zero-order valence-electron chi connectivity index (χ0n) is 6.53. The molecule has 0 radical (unpaired) electrons. The molecule has 2 heteroatoms. The summed E-state index contributed by atoms with van der Waals surface area (Å²) in [6.45, 7) is 0.268. The lowest BCUT2D eigenvalue weighted by molar-refractivity contribution is 0.0335. The van der Waals surface area contributed by atoms with Crippen LogP contribution < -0.4 is 0 Å². The molecule has 1 fully saturated rings. The third-order valence-electron chi connectivity index (χ3n) is 3.26. The van der Waals surface area contributed by atoms with E-state index < -0.39 is 0 Å². The van der Waals surface area contributed by atoms with Crippen LogP contribution in [0.2, 0.25) is 0 Å². The smallest absolute Gasteiger partial charge is 0.0515 e. The molecule has 2 aliphatic carbocycles. The quantitative estimate of drug-likeness (QED) is 0.570. The number of hydrogen-bond donors (Lipinski definition) is 2. The summed E-state index contributed by atoms with van der Waals surface area (Å²) in [6.07, 6.45) is 6.48. The topological polar surface area (TPSA) is 40.5 Å². The minimum Gasteiger partial charge on any atom is -0.396 e. The van der Waals surface area contributed by atoms with Crippen LogP contribution in [0.15, 0.2) is 12.2 Å². The third-order valence-corrected chi connectivity index (χ3v) is 3.26. The summed E-state index contributed by atoms with van der Waals surface area (Å²) in [5, 5.41) is 18.3. The molecule has 0 spiro atoms. The van der Waals surface area contributed by atoms with Crippen molar-refractivity contribution in [2.45, 2.75) is 12.8 Å². The van der Waals surface area contributed by atoms with Crippen molar-refractivity contribution in [2.24, 2.45) is 17.3 Å². The minimum atomic E-state index is -0.181. The molecule has 0 aromatic carbocycles. The van der Waals surface area contributed by atoms with Crippen molar-refractivity contribution in [1.29, 1.82) is 0 Å². The molecular formula is C9H14O2. The maximum atomic E-state index is 9.14. The Hall–Kier alpha value is -0.340. The first-order chi connectivity index (χ1) is 5.30. The fourth-order valence-corrected chi connectivity index (χ4v) is 2.47. The van der Waals surface area contributed by atoms with Gasteiger partial charge in [-0.05, 0) is 24.7 Å². The number of rotatable bonds is 2. The normalized spacial score (nSPS) is 38.4. The predicted octanol–water partition coefficient (Wildman–Crippen LogP) is 0.553. The van der Waals surface area contributed by atoms with Gasteiger partial charge in [0.05, 0.1) is 13.2 Å². The van der Waals surface area contributed by atoms with Gasteiger partial charge in [0, 0.05) is 5.41 Å². The number of allylic oxidation sites excluding steroid dienone is 2. The van der Waals surface area contributed by atoms with Crippen LogP contribution in [0.25, 0.3) is 0 Å². The van der Waals surface area contributed by atoms with Crippen LogP contribution in [0.1, 0.15) is 12.8 Å². The van der Waals surface area contributed by atoms with Crippen molar-refractivity contribution in [3.8, 4) is 0 Å². The predicted molar refractivity (Wildman–Crippen MR) is 42.0 cm³/mol. The Labute approximate surface area is 66.5 Å². The van der Waals surface area contributed by atoms with Crippen molar-refractivity contribution < 1.29 is 10.2 Å². The van der Waals surface area contributed by atoms with Gasteiger partial charge in [-0.3, -0.25) is 0 Å². The van der Waals surface area contributed by atoms with Gasteiger partial charge in [0.1, 0.15) is 0 Å². The van der Waals surface area contributed by atoms with Gasteiger partial charge >= 0.3 is 0 Å². The van der Waals surface area contributed by atoms with Crippen LogP contribution in [-0.2, 0) is 0 Å². The van der Waals surface area contributed by atoms with Crippen molar-refractivity contribution in [3.05, 3.63) is 12.2 Å². The molecule has 0 aromatic rings. The summed E-state index contributed by atoms with van der Waals surface area (Å²) >= 11 is 0. The van der Waals surface area contributed by atoms with E-state index in [4.69, 9.17) is 10.2 Å². The van der Waals surface area contributed by atoms with Crippen molar-refractivity contribution in [1.82, 2.24) is 0 Å². The molecule has 0 saturated heterocycles. The molecular weight excluding hydrogens is 140 g/mol. The Balaban J connectivity index is 2.21. The van der Waals surface area contributed by atoms with Gasteiger partial charge in [-0.15, -0.1) is 0 Å². The highest BCUT2D eigenvalue weighted by molar-refractivity contribution is 5.15. The van der Waals surface area contributed by atoms with Gasteiger partial charge in [-0.1, -0.05) is 12.2 Å². The fourth-order valence-electron chi connectivity index (χ4n) is 2.47. The van der Waals surface area contributed by atoms with Crippen LogP contribution >= 0.6 is 0 Å². The van der Waals surface area contributed by atoms with Gasteiger partial charge in [0.2, 0.25) is 0 Å². The van der Waals surface area contributed by atoms with E-state index in [-0.39, 0.29) is 18.6 Å². The molecule has 2 nitrogen and oxygen atoms in total. The molecule has 1 saturated carbocycles. The van der Waals surface area contributed by atoms with Crippen LogP contribution in [0.3, 0.4) is 0 Å². The fraction of sp³-hybridized carbons (Fsp3) is 0.778. The number of hydrogen-bond acceptors (Lipinski definition) is 2. The largest absolute Gasteiger partial charge is 0.396 e. The number of aliphatic hydroxyl groups excluding tert-OH is 2. The molecule has 2 rings (SSSR count). The lowest BCUT2D eigenvalue weighted by Crippen LogP contribution is -2.33. The van der Waals surface area contributed by atoms with Gasteiger partial charge in [-0.2, -0.15) is 0 Å². The highest BCUT2D eigenvalue weighted by Gasteiger charge is 2.47. The third kappa shape index (κ3) is 0.861. The highest BCUT2D eigenvalue weighted by Crippen LogP contribution is 2.51. The Morgan fingerprint density at radius 2 is 2.00 bits per heavy atom. The summed E-state index contributed by atoms with van der Waals surface area (Å²) in [7, 11) is 0. The average molecular weight is 154 g/mol. The standard InChI is InChI=1S/C9H14O2/c10-5-9(6-11)4-7-1-2-8(9)3-7/h1-2,7-8,10-11H,3-6H2/t7-,8?/m0/s1. The van der Waals surface area contributed by atoms with E-state index in [1.54, 1.807) is 0 Å². The first kappa shape index (κ1) is 7.32. The molecule has 0 aliphatic heterocycles. The highest BCUT2D eigenvalue weighted by atomic mass is 16.3. The summed E-state index contributed by atoms with van der Waals surface area (Å²) < 4.78 is 0. The van der Waals surface area contributed by atoms with Crippen molar-refractivity contribution >= 4 is 0 Å². The molecule has 0 aromatic heterocycles. The van der Waals surface area contributed by atoms with Gasteiger partial charge in [0.15, 0.2) is 0 Å². The molecule has 2 aliphatic rings. The van der Waals surface area contributed by atoms with Crippen LogP contribution in [0, 0.1) is 17.3 Å². The van der Waals surface area contributed by atoms with E-state index >= 15 is 0 Å². The monoisotopic (exact) mass is 154 g/mol. The zero-order chi connectivity index (χ0) is 7.90. The summed E-state index contributed by atoms with van der Waals surface area (Å²) in [6, 6.07) is 0. The van der Waals surface area contributed by atoms with E-state index in [1.807, 2.05) is 0 Å². The molecule has 1 unspecified atom stereocenters. The lowest BCUT2D eigenvalue weighted by Gasteiger charge is -2.31. The lowest BCUT2D eigenvalue weighted by atomic mass is 9.77. The Morgan fingerprint density at radius 1 is 1.27 bits per heavy atom. The second-order valence-electron chi connectivity index (χ2n) is 3.87. The second-order valence-corrected chi connectivity index (χ2v) is 3.87. The summed E-state index contributed by atoms with van der Waals surface area (Å²) in [5.41, 5.74) is -0.181. The van der Waals surface area contributed by atoms with E-state index in [1.165, 1.54) is 0 Å². The number of fused-ring (bicyclic) bond motifs is 2. The SMILES string of the molecule is OCC1(CO)C[C@H]2C=CC1C2. The van der Waals surface area contributed by atoms with E-state index in [9.17, 15) is 0 Å². The summed E-state index contributed by atoms with van der Waals surface area (Å²) in [5.74, 6) is 1.06. The number of aliphatic hydroxyl groups is 2. The Bertz CT molecular complexity index is 182. The van der Waals surface area contributed by atoms with Gasteiger partial charge in [-0.25, -0.2) is 0 Å². The maximum Gasteiger partial charge on any atom is 0.0515 e. The molecule has 2 N–H and O–H groups in total. The van der Waals surface area contributed by atoms with Crippen molar-refractivity contribution in [2.75, 3.05) is 13.2 Å².